The van der Waals surface area contributed by atoms with E-state index >= 15 is 0 Å². The van der Waals surface area contributed by atoms with Gasteiger partial charge in [0, 0.05) is 38.8 Å². The van der Waals surface area contributed by atoms with Gasteiger partial charge in [-0.1, -0.05) is 12.1 Å². The molecular formula is C17H24N2O. The molecule has 3 nitrogen and oxygen atoms in total. The lowest BCUT2D eigenvalue weighted by Gasteiger charge is -2.15. The summed E-state index contributed by atoms with van der Waals surface area (Å²) in [4.78, 5) is 2.11. The Kier molecular flexibility index (Phi) is 5.24. The van der Waals surface area contributed by atoms with Crippen molar-refractivity contribution in [2.45, 2.75) is 32.4 Å². The second-order valence-corrected chi connectivity index (χ2v) is 5.46. The largest absolute Gasteiger partial charge is 0.469 e. The summed E-state index contributed by atoms with van der Waals surface area (Å²) >= 11 is 0. The number of hydrogen-bond donors (Lipinski definition) is 1. The highest BCUT2D eigenvalue weighted by atomic mass is 16.3. The molecule has 1 heterocycles. The summed E-state index contributed by atoms with van der Waals surface area (Å²) in [5.74, 6) is 1.06. The fourth-order valence-corrected chi connectivity index (χ4v) is 2.12. The molecule has 2 aromatic rings. The topological polar surface area (TPSA) is 28.4 Å². The van der Waals surface area contributed by atoms with E-state index in [1.165, 1.54) is 11.3 Å². The number of nitrogens with one attached hydrogen (secondary N) is 1. The number of benzene rings is 1. The summed E-state index contributed by atoms with van der Waals surface area (Å²) in [6.07, 6.45) is 3.81. The van der Waals surface area contributed by atoms with E-state index < -0.39 is 0 Å². The summed E-state index contributed by atoms with van der Waals surface area (Å²) in [5, 5.41) is 3.55. The van der Waals surface area contributed by atoms with E-state index in [0.29, 0.717) is 6.04 Å². The highest BCUT2D eigenvalue weighted by Crippen LogP contribution is 2.12. The van der Waals surface area contributed by atoms with E-state index in [1.54, 1.807) is 6.26 Å². The van der Waals surface area contributed by atoms with Crippen molar-refractivity contribution < 1.29 is 4.42 Å². The predicted molar refractivity (Wildman–Crippen MR) is 84.1 cm³/mol. The SMILES string of the molecule is CC(CCc1ccco1)NCc1ccc(N(C)C)cc1. The van der Waals surface area contributed by atoms with Crippen LogP contribution in [0.25, 0.3) is 0 Å². The normalized spacial score (nSPS) is 12.3. The van der Waals surface area contributed by atoms with Gasteiger partial charge in [-0.15, -0.1) is 0 Å². The Morgan fingerprint density at radius 2 is 1.90 bits per heavy atom. The van der Waals surface area contributed by atoms with Crippen LogP contribution in [0.1, 0.15) is 24.7 Å². The van der Waals surface area contributed by atoms with Gasteiger partial charge < -0.3 is 14.6 Å². The van der Waals surface area contributed by atoms with E-state index in [1.807, 2.05) is 12.1 Å². The van der Waals surface area contributed by atoms with E-state index in [0.717, 1.165) is 25.1 Å². The first-order valence-corrected chi connectivity index (χ1v) is 7.17. The number of rotatable bonds is 7. The summed E-state index contributed by atoms with van der Waals surface area (Å²) in [6.45, 7) is 3.13. The monoisotopic (exact) mass is 272 g/mol. The Balaban J connectivity index is 1.73. The fraction of sp³-hybridized carbons (Fsp3) is 0.412. The first kappa shape index (κ1) is 14.7. The van der Waals surface area contributed by atoms with E-state index in [9.17, 15) is 0 Å². The van der Waals surface area contributed by atoms with Crippen molar-refractivity contribution in [3.05, 3.63) is 54.0 Å². The Morgan fingerprint density at radius 1 is 1.15 bits per heavy atom. The lowest BCUT2D eigenvalue weighted by molar-refractivity contribution is 0.460. The molecule has 1 aromatic heterocycles. The maximum absolute atomic E-state index is 5.35. The molecule has 0 fully saturated rings. The smallest absolute Gasteiger partial charge is 0.103 e. The summed E-state index contributed by atoms with van der Waals surface area (Å²) in [6, 6.07) is 13.1. The van der Waals surface area contributed by atoms with Gasteiger partial charge in [-0.2, -0.15) is 0 Å². The Hall–Kier alpha value is -1.74. The second-order valence-electron chi connectivity index (χ2n) is 5.46. The molecular weight excluding hydrogens is 248 g/mol. The molecule has 0 aliphatic carbocycles. The van der Waals surface area contributed by atoms with Crippen molar-refractivity contribution in [3.8, 4) is 0 Å². The number of nitrogens with zero attached hydrogens (tertiary/aromatic N) is 1. The Bertz CT molecular complexity index is 488. The van der Waals surface area contributed by atoms with Crippen LogP contribution in [0.2, 0.25) is 0 Å². The van der Waals surface area contributed by atoms with Gasteiger partial charge in [0.25, 0.3) is 0 Å². The van der Waals surface area contributed by atoms with Crippen molar-refractivity contribution in [1.82, 2.24) is 5.32 Å². The lowest BCUT2D eigenvalue weighted by atomic mass is 10.1. The van der Waals surface area contributed by atoms with Gasteiger partial charge in [-0.3, -0.25) is 0 Å². The maximum Gasteiger partial charge on any atom is 0.103 e. The molecule has 2 rings (SSSR count). The molecule has 3 heteroatoms. The van der Waals surface area contributed by atoms with E-state index in [-0.39, 0.29) is 0 Å². The molecule has 0 bridgehead atoms. The number of aryl methyl sites for hydroxylation is 1. The molecule has 0 radical (unpaired) electrons. The van der Waals surface area contributed by atoms with Crippen LogP contribution in [-0.2, 0) is 13.0 Å². The highest BCUT2D eigenvalue weighted by Gasteiger charge is 2.04. The van der Waals surface area contributed by atoms with Crippen molar-refractivity contribution in [2.24, 2.45) is 0 Å². The minimum Gasteiger partial charge on any atom is -0.469 e. The van der Waals surface area contributed by atoms with Crippen LogP contribution in [0, 0.1) is 0 Å². The zero-order valence-corrected chi connectivity index (χ0v) is 12.6. The summed E-state index contributed by atoms with van der Waals surface area (Å²) in [7, 11) is 4.12. The van der Waals surface area contributed by atoms with Gasteiger partial charge in [-0.05, 0) is 43.2 Å². The van der Waals surface area contributed by atoms with Crippen molar-refractivity contribution in [3.63, 3.8) is 0 Å². The summed E-state index contributed by atoms with van der Waals surface area (Å²) < 4.78 is 5.35. The zero-order valence-electron chi connectivity index (χ0n) is 12.6. The Morgan fingerprint density at radius 3 is 2.50 bits per heavy atom. The lowest BCUT2D eigenvalue weighted by Crippen LogP contribution is -2.25. The van der Waals surface area contributed by atoms with Gasteiger partial charge in [0.1, 0.15) is 5.76 Å². The van der Waals surface area contributed by atoms with Crippen LogP contribution in [0.4, 0.5) is 5.69 Å². The molecule has 1 unspecified atom stereocenters. The van der Waals surface area contributed by atoms with Crippen LogP contribution in [-0.4, -0.2) is 20.1 Å². The summed E-state index contributed by atoms with van der Waals surface area (Å²) in [5.41, 5.74) is 2.56. The molecule has 0 spiro atoms. The third-order valence-electron chi connectivity index (χ3n) is 3.51. The fourth-order valence-electron chi connectivity index (χ4n) is 2.12. The van der Waals surface area contributed by atoms with Gasteiger partial charge in [0.2, 0.25) is 0 Å². The van der Waals surface area contributed by atoms with Crippen molar-refractivity contribution >= 4 is 5.69 Å². The molecule has 0 saturated heterocycles. The molecule has 108 valence electrons. The van der Waals surface area contributed by atoms with Crippen LogP contribution >= 0.6 is 0 Å². The van der Waals surface area contributed by atoms with Gasteiger partial charge >= 0.3 is 0 Å². The standard InChI is InChI=1S/C17H24N2O/c1-14(6-11-17-5-4-12-20-17)18-13-15-7-9-16(10-8-15)19(2)3/h4-5,7-10,12,14,18H,6,11,13H2,1-3H3. The van der Waals surface area contributed by atoms with Gasteiger partial charge in [-0.25, -0.2) is 0 Å². The van der Waals surface area contributed by atoms with E-state index in [4.69, 9.17) is 4.42 Å². The quantitative estimate of drug-likeness (QED) is 0.836. The molecule has 1 N–H and O–H groups in total. The third kappa shape index (κ3) is 4.42. The molecule has 0 aliphatic heterocycles. The third-order valence-corrected chi connectivity index (χ3v) is 3.51. The molecule has 0 aliphatic rings. The first-order valence-electron chi connectivity index (χ1n) is 7.17. The average molecular weight is 272 g/mol. The van der Waals surface area contributed by atoms with Gasteiger partial charge in [0.05, 0.1) is 6.26 Å². The molecule has 1 aromatic carbocycles. The first-order chi connectivity index (χ1) is 9.65. The minimum atomic E-state index is 0.480. The van der Waals surface area contributed by atoms with Crippen LogP contribution in [0.15, 0.2) is 47.1 Å². The number of anilines is 1. The van der Waals surface area contributed by atoms with Crippen molar-refractivity contribution in [1.29, 1.82) is 0 Å². The number of hydrogen-bond acceptors (Lipinski definition) is 3. The van der Waals surface area contributed by atoms with Crippen LogP contribution in [0.5, 0.6) is 0 Å². The Labute approximate surface area is 121 Å². The van der Waals surface area contributed by atoms with Gasteiger partial charge in [0.15, 0.2) is 0 Å². The molecule has 20 heavy (non-hydrogen) atoms. The number of furan rings is 1. The van der Waals surface area contributed by atoms with Crippen LogP contribution < -0.4 is 10.2 Å². The van der Waals surface area contributed by atoms with Crippen LogP contribution in [0.3, 0.4) is 0 Å². The molecule has 0 saturated carbocycles. The minimum absolute atomic E-state index is 0.480. The highest BCUT2D eigenvalue weighted by molar-refractivity contribution is 5.45. The molecule has 0 amide bonds. The van der Waals surface area contributed by atoms with E-state index in [2.05, 4.69) is 55.5 Å². The zero-order chi connectivity index (χ0) is 14.4. The van der Waals surface area contributed by atoms with Crippen molar-refractivity contribution in [2.75, 3.05) is 19.0 Å². The second kappa shape index (κ2) is 7.15. The molecule has 1 atom stereocenters. The predicted octanol–water partition coefficient (Wildman–Crippen LogP) is 3.46. The maximum atomic E-state index is 5.35. The average Bonchev–Trinajstić information content (AvgIpc) is 2.96.